The van der Waals surface area contributed by atoms with E-state index < -0.39 is 5.97 Å². The van der Waals surface area contributed by atoms with E-state index >= 15 is 0 Å². The molecule has 2 N–H and O–H groups in total. The van der Waals surface area contributed by atoms with Crippen molar-refractivity contribution >= 4 is 12.0 Å². The summed E-state index contributed by atoms with van der Waals surface area (Å²) in [6, 6.07) is 6.53. The number of benzene rings is 1. The Morgan fingerprint density at radius 3 is 2.65 bits per heavy atom. The van der Waals surface area contributed by atoms with Crippen LogP contribution in [0.4, 0.5) is 4.79 Å². The molecule has 1 saturated heterocycles. The fourth-order valence-corrected chi connectivity index (χ4v) is 2.71. The van der Waals surface area contributed by atoms with Gasteiger partial charge in [0.25, 0.3) is 0 Å². The van der Waals surface area contributed by atoms with Gasteiger partial charge in [-0.1, -0.05) is 26.0 Å². The van der Waals surface area contributed by atoms with Crippen molar-refractivity contribution in [1.29, 1.82) is 0 Å². The molecule has 0 radical (unpaired) electrons. The molecule has 6 nitrogen and oxygen atoms in total. The molecule has 1 atom stereocenters. The number of carbonyl (C=O) groups is 2. The number of carboxylic acid groups (broad SMARTS) is 1. The van der Waals surface area contributed by atoms with E-state index in [9.17, 15) is 9.59 Å². The number of amides is 2. The Bertz CT molecular complexity index is 542. The van der Waals surface area contributed by atoms with E-state index in [2.05, 4.69) is 19.2 Å². The maximum absolute atomic E-state index is 12.4. The zero-order chi connectivity index (χ0) is 16.8. The molecule has 0 spiro atoms. The normalized spacial score (nSPS) is 18.0. The summed E-state index contributed by atoms with van der Waals surface area (Å²) in [6.07, 6.45) is 0.917. The van der Waals surface area contributed by atoms with Gasteiger partial charge in [-0.25, -0.2) is 9.59 Å². The number of nitrogens with one attached hydrogen (secondary N) is 1. The standard InChI is InChI=1S/C17H24N2O4/c1-12(2)9-15-11-23-8-7-19(15)17(22)18-10-13-3-5-14(6-4-13)16(20)21/h3-6,12,15H,7-11H2,1-2H3,(H,18,22)(H,20,21)/t15-/m1/s1. The van der Waals surface area contributed by atoms with Crippen LogP contribution in [0.2, 0.25) is 0 Å². The zero-order valence-corrected chi connectivity index (χ0v) is 13.6. The highest BCUT2D eigenvalue weighted by Gasteiger charge is 2.27. The summed E-state index contributed by atoms with van der Waals surface area (Å²) in [4.78, 5) is 25.1. The summed E-state index contributed by atoms with van der Waals surface area (Å²) < 4.78 is 5.48. The number of hydrogen-bond acceptors (Lipinski definition) is 3. The number of nitrogens with zero attached hydrogens (tertiary/aromatic N) is 1. The van der Waals surface area contributed by atoms with Crippen LogP contribution >= 0.6 is 0 Å². The van der Waals surface area contributed by atoms with E-state index in [0.717, 1.165) is 12.0 Å². The second-order valence-electron chi connectivity index (χ2n) is 6.21. The molecule has 1 aliphatic rings. The highest BCUT2D eigenvalue weighted by Crippen LogP contribution is 2.16. The van der Waals surface area contributed by atoms with E-state index in [1.807, 2.05) is 4.90 Å². The van der Waals surface area contributed by atoms with Crippen LogP contribution in [-0.4, -0.2) is 47.8 Å². The fraction of sp³-hybridized carbons (Fsp3) is 0.529. The lowest BCUT2D eigenvalue weighted by atomic mass is 10.0. The van der Waals surface area contributed by atoms with Gasteiger partial charge >= 0.3 is 12.0 Å². The van der Waals surface area contributed by atoms with Gasteiger partial charge in [0.2, 0.25) is 0 Å². The predicted molar refractivity (Wildman–Crippen MR) is 86.4 cm³/mol. The van der Waals surface area contributed by atoms with Crippen molar-refractivity contribution in [2.45, 2.75) is 32.9 Å². The summed E-state index contributed by atoms with van der Waals surface area (Å²) in [7, 11) is 0. The molecule has 0 saturated carbocycles. The maximum Gasteiger partial charge on any atom is 0.335 e. The maximum atomic E-state index is 12.4. The fourth-order valence-electron chi connectivity index (χ4n) is 2.71. The number of carbonyl (C=O) groups excluding carboxylic acids is 1. The van der Waals surface area contributed by atoms with E-state index in [0.29, 0.717) is 32.2 Å². The predicted octanol–water partition coefficient (Wildman–Crippen LogP) is 2.34. The average molecular weight is 320 g/mol. The van der Waals surface area contributed by atoms with Crippen LogP contribution in [0.25, 0.3) is 0 Å². The number of rotatable bonds is 5. The molecule has 1 heterocycles. The Labute approximate surface area is 136 Å². The first-order valence-corrected chi connectivity index (χ1v) is 7.92. The average Bonchev–Trinajstić information content (AvgIpc) is 2.53. The first kappa shape index (κ1) is 17.3. The lowest BCUT2D eigenvalue weighted by Gasteiger charge is -2.36. The number of aromatic carboxylic acids is 1. The van der Waals surface area contributed by atoms with Gasteiger partial charge in [0.05, 0.1) is 24.8 Å². The van der Waals surface area contributed by atoms with Gasteiger partial charge in [-0.2, -0.15) is 0 Å². The number of carboxylic acids is 1. The van der Waals surface area contributed by atoms with Crippen molar-refractivity contribution in [1.82, 2.24) is 10.2 Å². The van der Waals surface area contributed by atoms with Crippen molar-refractivity contribution in [3.8, 4) is 0 Å². The highest BCUT2D eigenvalue weighted by atomic mass is 16.5. The molecule has 1 aromatic rings. The summed E-state index contributed by atoms with van der Waals surface area (Å²) in [5, 5.41) is 11.8. The second kappa shape index (κ2) is 7.97. The number of urea groups is 1. The van der Waals surface area contributed by atoms with Crippen molar-refractivity contribution < 1.29 is 19.4 Å². The van der Waals surface area contributed by atoms with Gasteiger partial charge in [-0.3, -0.25) is 0 Å². The minimum Gasteiger partial charge on any atom is -0.478 e. The van der Waals surface area contributed by atoms with Crippen LogP contribution in [0.1, 0.15) is 36.2 Å². The lowest BCUT2D eigenvalue weighted by molar-refractivity contribution is 0.00551. The van der Waals surface area contributed by atoms with Gasteiger partial charge < -0.3 is 20.1 Å². The topological polar surface area (TPSA) is 78.9 Å². The molecule has 0 unspecified atom stereocenters. The summed E-state index contributed by atoms with van der Waals surface area (Å²) in [6.45, 7) is 6.39. The molecule has 0 aliphatic carbocycles. The van der Waals surface area contributed by atoms with Crippen LogP contribution in [0.15, 0.2) is 24.3 Å². The second-order valence-corrected chi connectivity index (χ2v) is 6.21. The van der Waals surface area contributed by atoms with E-state index in [4.69, 9.17) is 9.84 Å². The molecule has 2 rings (SSSR count). The number of ether oxygens (including phenoxy) is 1. The van der Waals surface area contributed by atoms with Gasteiger partial charge in [-0.05, 0) is 30.0 Å². The molecule has 1 aromatic carbocycles. The molecule has 126 valence electrons. The summed E-state index contributed by atoms with van der Waals surface area (Å²) in [5.74, 6) is -0.453. The molecule has 1 aliphatic heterocycles. The van der Waals surface area contributed by atoms with Gasteiger partial charge in [0, 0.05) is 13.1 Å². The van der Waals surface area contributed by atoms with Gasteiger partial charge in [-0.15, -0.1) is 0 Å². The Balaban J connectivity index is 1.90. The van der Waals surface area contributed by atoms with Crippen LogP contribution in [0.3, 0.4) is 0 Å². The Morgan fingerprint density at radius 2 is 2.04 bits per heavy atom. The SMILES string of the molecule is CC(C)C[C@@H]1COCCN1C(=O)NCc1ccc(C(=O)O)cc1. The van der Waals surface area contributed by atoms with Gasteiger partial charge in [0.1, 0.15) is 0 Å². The third kappa shape index (κ3) is 4.96. The summed E-state index contributed by atoms with van der Waals surface area (Å²) in [5.41, 5.74) is 1.11. The highest BCUT2D eigenvalue weighted by molar-refractivity contribution is 5.87. The smallest absolute Gasteiger partial charge is 0.335 e. The molecule has 6 heteroatoms. The number of morpholine rings is 1. The first-order chi connectivity index (χ1) is 11.0. The van der Waals surface area contributed by atoms with E-state index in [-0.39, 0.29) is 17.6 Å². The number of hydrogen-bond donors (Lipinski definition) is 2. The summed E-state index contributed by atoms with van der Waals surface area (Å²) >= 11 is 0. The Morgan fingerprint density at radius 1 is 1.35 bits per heavy atom. The van der Waals surface area contributed by atoms with Crippen LogP contribution < -0.4 is 5.32 Å². The lowest BCUT2D eigenvalue weighted by Crippen LogP contribution is -2.52. The largest absolute Gasteiger partial charge is 0.478 e. The van der Waals surface area contributed by atoms with E-state index in [1.54, 1.807) is 24.3 Å². The van der Waals surface area contributed by atoms with E-state index in [1.165, 1.54) is 0 Å². The zero-order valence-electron chi connectivity index (χ0n) is 13.6. The molecular weight excluding hydrogens is 296 g/mol. The first-order valence-electron chi connectivity index (χ1n) is 7.92. The van der Waals surface area contributed by atoms with Gasteiger partial charge in [0.15, 0.2) is 0 Å². The van der Waals surface area contributed by atoms with Crippen LogP contribution in [0.5, 0.6) is 0 Å². The Kier molecular flexibility index (Phi) is 5.98. The van der Waals surface area contributed by atoms with Crippen molar-refractivity contribution in [3.63, 3.8) is 0 Å². The molecule has 2 amide bonds. The molecule has 0 aromatic heterocycles. The third-order valence-electron chi connectivity index (χ3n) is 3.88. The third-order valence-corrected chi connectivity index (χ3v) is 3.88. The van der Waals surface area contributed by atoms with Crippen LogP contribution in [0, 0.1) is 5.92 Å². The van der Waals surface area contributed by atoms with Crippen LogP contribution in [-0.2, 0) is 11.3 Å². The molecule has 1 fully saturated rings. The minimum atomic E-state index is -0.953. The molecule has 23 heavy (non-hydrogen) atoms. The molecular formula is C17H24N2O4. The monoisotopic (exact) mass is 320 g/mol. The molecule has 0 bridgehead atoms. The Hall–Kier alpha value is -2.08. The van der Waals surface area contributed by atoms with Crippen molar-refractivity contribution in [2.24, 2.45) is 5.92 Å². The van der Waals surface area contributed by atoms with Crippen molar-refractivity contribution in [2.75, 3.05) is 19.8 Å². The van der Waals surface area contributed by atoms with Crippen molar-refractivity contribution in [3.05, 3.63) is 35.4 Å². The quantitative estimate of drug-likeness (QED) is 0.873. The minimum absolute atomic E-state index is 0.0961.